The summed E-state index contributed by atoms with van der Waals surface area (Å²) in [4.78, 5) is 12.0. The topological polar surface area (TPSA) is 35.5 Å². The van der Waals surface area contributed by atoms with Crippen LogP contribution in [0.25, 0.3) is 0 Å². The molecule has 0 saturated carbocycles. The van der Waals surface area contributed by atoms with Crippen molar-refractivity contribution in [3.05, 3.63) is 29.8 Å². The fourth-order valence-electron chi connectivity index (χ4n) is 1.69. The second-order valence-electron chi connectivity index (χ2n) is 5.29. The summed E-state index contributed by atoms with van der Waals surface area (Å²) < 4.78 is 10.5. The molecule has 106 valence electrons. The lowest BCUT2D eigenvalue weighted by atomic mass is 10.1. The molecule has 0 bridgehead atoms. The van der Waals surface area contributed by atoms with Gasteiger partial charge < -0.3 is 9.47 Å². The zero-order valence-electron chi connectivity index (χ0n) is 12.2. The summed E-state index contributed by atoms with van der Waals surface area (Å²) in [6.45, 7) is 6.10. The standard InChI is InChI=1S/C15H22O3S/c1-15(2,3)19-14(16)10-13(18-5)11-6-8-12(17-4)9-7-11/h6-9,13H,10H2,1-5H3. The Morgan fingerprint density at radius 2 is 1.79 bits per heavy atom. The molecular weight excluding hydrogens is 260 g/mol. The predicted molar refractivity (Wildman–Crippen MR) is 79.7 cm³/mol. The van der Waals surface area contributed by atoms with Crippen LogP contribution in [-0.4, -0.2) is 24.1 Å². The van der Waals surface area contributed by atoms with Crippen molar-refractivity contribution < 1.29 is 14.3 Å². The highest BCUT2D eigenvalue weighted by molar-refractivity contribution is 8.14. The number of carbonyl (C=O) groups excluding carboxylic acids is 1. The molecule has 0 aliphatic rings. The lowest BCUT2D eigenvalue weighted by Gasteiger charge is -2.19. The molecule has 0 fully saturated rings. The van der Waals surface area contributed by atoms with Gasteiger partial charge in [-0.25, -0.2) is 0 Å². The molecule has 3 nitrogen and oxygen atoms in total. The lowest BCUT2D eigenvalue weighted by Crippen LogP contribution is -2.14. The van der Waals surface area contributed by atoms with Crippen LogP contribution in [0.3, 0.4) is 0 Å². The first kappa shape index (κ1) is 16.1. The number of rotatable bonds is 5. The van der Waals surface area contributed by atoms with Gasteiger partial charge >= 0.3 is 0 Å². The lowest BCUT2D eigenvalue weighted by molar-refractivity contribution is -0.113. The Kier molecular flexibility index (Phi) is 5.88. The molecular formula is C15H22O3S. The van der Waals surface area contributed by atoms with Gasteiger partial charge in [-0.15, -0.1) is 0 Å². The van der Waals surface area contributed by atoms with Crippen molar-refractivity contribution in [3.63, 3.8) is 0 Å². The summed E-state index contributed by atoms with van der Waals surface area (Å²) in [5.74, 6) is 0.800. The second-order valence-corrected chi connectivity index (χ2v) is 7.17. The first-order valence-electron chi connectivity index (χ1n) is 6.24. The highest BCUT2D eigenvalue weighted by Gasteiger charge is 2.21. The van der Waals surface area contributed by atoms with Gasteiger partial charge in [0.15, 0.2) is 5.12 Å². The number of thioether (sulfide) groups is 1. The molecule has 1 rings (SSSR count). The number of methoxy groups -OCH3 is 2. The van der Waals surface area contributed by atoms with Crippen LogP contribution in [0.1, 0.15) is 38.9 Å². The molecule has 0 aliphatic carbocycles. The van der Waals surface area contributed by atoms with Gasteiger partial charge in [-0.3, -0.25) is 4.79 Å². The van der Waals surface area contributed by atoms with Crippen LogP contribution in [-0.2, 0) is 9.53 Å². The van der Waals surface area contributed by atoms with Crippen LogP contribution >= 0.6 is 11.8 Å². The average Bonchev–Trinajstić information content (AvgIpc) is 2.34. The molecule has 0 aromatic heterocycles. The monoisotopic (exact) mass is 282 g/mol. The van der Waals surface area contributed by atoms with Crippen LogP contribution in [0.5, 0.6) is 5.75 Å². The van der Waals surface area contributed by atoms with Crippen molar-refractivity contribution >= 4 is 16.9 Å². The van der Waals surface area contributed by atoms with E-state index in [4.69, 9.17) is 9.47 Å². The minimum atomic E-state index is -0.201. The first-order valence-corrected chi connectivity index (χ1v) is 7.06. The second kappa shape index (κ2) is 6.96. The Morgan fingerprint density at radius 1 is 1.21 bits per heavy atom. The Hall–Kier alpha value is -1.00. The van der Waals surface area contributed by atoms with E-state index in [-0.39, 0.29) is 16.0 Å². The van der Waals surface area contributed by atoms with Crippen LogP contribution in [0, 0.1) is 0 Å². The fourth-order valence-corrected chi connectivity index (χ4v) is 2.61. The van der Waals surface area contributed by atoms with Crippen molar-refractivity contribution in [2.45, 2.75) is 38.0 Å². The number of ether oxygens (including phenoxy) is 2. The third kappa shape index (κ3) is 5.66. The molecule has 4 heteroatoms. The van der Waals surface area contributed by atoms with Gasteiger partial charge in [-0.2, -0.15) is 0 Å². The predicted octanol–water partition coefficient (Wildman–Crippen LogP) is 3.83. The maximum Gasteiger partial charge on any atom is 0.192 e. The zero-order valence-corrected chi connectivity index (χ0v) is 13.0. The minimum Gasteiger partial charge on any atom is -0.497 e. The summed E-state index contributed by atoms with van der Waals surface area (Å²) in [6.07, 6.45) is 0.179. The van der Waals surface area contributed by atoms with E-state index in [9.17, 15) is 4.79 Å². The van der Waals surface area contributed by atoms with Crippen molar-refractivity contribution in [2.75, 3.05) is 14.2 Å². The Balaban J connectivity index is 2.69. The third-order valence-electron chi connectivity index (χ3n) is 2.54. The van der Waals surface area contributed by atoms with E-state index in [2.05, 4.69) is 0 Å². The van der Waals surface area contributed by atoms with Crippen molar-refractivity contribution in [1.29, 1.82) is 0 Å². The van der Waals surface area contributed by atoms with E-state index < -0.39 is 0 Å². The molecule has 0 aliphatic heterocycles. The van der Waals surface area contributed by atoms with E-state index in [0.717, 1.165) is 11.3 Å². The molecule has 1 unspecified atom stereocenters. The van der Waals surface area contributed by atoms with Gasteiger partial charge in [0.1, 0.15) is 5.75 Å². The number of hydrogen-bond donors (Lipinski definition) is 0. The fraction of sp³-hybridized carbons (Fsp3) is 0.533. The van der Waals surface area contributed by atoms with E-state index in [1.165, 1.54) is 11.8 Å². The maximum atomic E-state index is 12.0. The molecule has 0 spiro atoms. The molecule has 0 saturated heterocycles. The average molecular weight is 282 g/mol. The van der Waals surface area contributed by atoms with Crippen LogP contribution in [0.2, 0.25) is 0 Å². The Bertz CT molecular complexity index is 406. The number of benzene rings is 1. The summed E-state index contributed by atoms with van der Waals surface area (Å²) >= 11 is 1.36. The highest BCUT2D eigenvalue weighted by Crippen LogP contribution is 2.30. The molecule has 1 aromatic rings. The minimum absolute atomic E-state index is 0.0602. The van der Waals surface area contributed by atoms with E-state index in [0.29, 0.717) is 6.42 Å². The summed E-state index contributed by atoms with van der Waals surface area (Å²) in [5.41, 5.74) is 0.992. The van der Waals surface area contributed by atoms with E-state index >= 15 is 0 Å². The van der Waals surface area contributed by atoms with E-state index in [1.54, 1.807) is 14.2 Å². The number of carbonyl (C=O) groups is 1. The summed E-state index contributed by atoms with van der Waals surface area (Å²) in [5, 5.41) is 0.148. The normalized spacial score (nSPS) is 13.1. The van der Waals surface area contributed by atoms with Crippen LogP contribution < -0.4 is 4.74 Å². The molecule has 1 aromatic carbocycles. The smallest absolute Gasteiger partial charge is 0.192 e. The highest BCUT2D eigenvalue weighted by atomic mass is 32.2. The molecule has 0 N–H and O–H groups in total. The Labute approximate surface area is 119 Å². The quantitative estimate of drug-likeness (QED) is 0.822. The SMILES string of the molecule is COc1ccc(C(CC(=O)SC(C)(C)C)OC)cc1. The van der Waals surface area contributed by atoms with Gasteiger partial charge in [0.05, 0.1) is 13.2 Å². The molecule has 0 radical (unpaired) electrons. The largest absolute Gasteiger partial charge is 0.497 e. The molecule has 1 atom stereocenters. The van der Waals surface area contributed by atoms with Gasteiger partial charge in [0.25, 0.3) is 0 Å². The molecule has 0 amide bonds. The van der Waals surface area contributed by atoms with Gasteiger partial charge in [0, 0.05) is 18.3 Å². The zero-order chi connectivity index (χ0) is 14.5. The summed E-state index contributed by atoms with van der Waals surface area (Å²) in [6, 6.07) is 7.62. The van der Waals surface area contributed by atoms with Gasteiger partial charge in [-0.1, -0.05) is 44.7 Å². The van der Waals surface area contributed by atoms with Gasteiger partial charge in [0.2, 0.25) is 0 Å². The van der Waals surface area contributed by atoms with Crippen LogP contribution in [0.4, 0.5) is 0 Å². The molecule has 0 heterocycles. The first-order chi connectivity index (χ1) is 8.85. The van der Waals surface area contributed by atoms with Crippen LogP contribution in [0.15, 0.2) is 24.3 Å². The van der Waals surface area contributed by atoms with Crippen molar-refractivity contribution in [3.8, 4) is 5.75 Å². The van der Waals surface area contributed by atoms with Crippen molar-refractivity contribution in [1.82, 2.24) is 0 Å². The maximum absolute atomic E-state index is 12.0. The summed E-state index contributed by atoms with van der Waals surface area (Å²) in [7, 11) is 3.26. The Morgan fingerprint density at radius 3 is 2.21 bits per heavy atom. The van der Waals surface area contributed by atoms with Gasteiger partial charge in [-0.05, 0) is 17.7 Å². The number of hydrogen-bond acceptors (Lipinski definition) is 4. The van der Waals surface area contributed by atoms with Crippen molar-refractivity contribution in [2.24, 2.45) is 0 Å². The van der Waals surface area contributed by atoms with E-state index in [1.807, 2.05) is 45.0 Å². The molecule has 19 heavy (non-hydrogen) atoms. The third-order valence-corrected chi connectivity index (χ3v) is 3.55.